The number of nitrogens with zero attached hydrogens (tertiary/aromatic N) is 4. The van der Waals surface area contributed by atoms with E-state index in [1.165, 1.54) is 51.9 Å². The van der Waals surface area contributed by atoms with Gasteiger partial charge in [0, 0.05) is 37.1 Å². The van der Waals surface area contributed by atoms with Crippen LogP contribution in [0.3, 0.4) is 0 Å². The van der Waals surface area contributed by atoms with Gasteiger partial charge in [0.1, 0.15) is 6.54 Å². The van der Waals surface area contributed by atoms with Crippen LogP contribution in [0.25, 0.3) is 21.0 Å². The third-order valence-electron chi connectivity index (χ3n) is 6.79. The fourth-order valence-corrected chi connectivity index (χ4v) is 7.21. The molecule has 3 aromatic carbocycles. The van der Waals surface area contributed by atoms with E-state index in [2.05, 4.69) is 4.99 Å². The molecule has 2 heterocycles. The summed E-state index contributed by atoms with van der Waals surface area (Å²) in [4.78, 5) is 43.4. The van der Waals surface area contributed by atoms with Gasteiger partial charge in [-0.1, -0.05) is 41.7 Å². The van der Waals surface area contributed by atoms with Crippen LogP contribution in [0.15, 0.2) is 70.6 Å². The van der Waals surface area contributed by atoms with E-state index in [9.17, 15) is 22.8 Å². The molecule has 5 rings (SSSR count). The summed E-state index contributed by atoms with van der Waals surface area (Å²) in [5.74, 6) is -1.06. The molecule has 0 bridgehead atoms. The van der Waals surface area contributed by atoms with Crippen LogP contribution in [-0.2, 0) is 30.8 Å². The van der Waals surface area contributed by atoms with Crippen molar-refractivity contribution in [3.63, 3.8) is 0 Å². The van der Waals surface area contributed by atoms with Crippen molar-refractivity contribution in [2.75, 3.05) is 39.9 Å². The zero-order valence-electron chi connectivity index (χ0n) is 22.5. The molecule has 1 aliphatic heterocycles. The number of hydrogen-bond donors (Lipinski definition) is 0. The Morgan fingerprint density at radius 1 is 0.951 bits per heavy atom. The van der Waals surface area contributed by atoms with Crippen LogP contribution in [0.5, 0.6) is 0 Å². The monoisotopic (exact) mass is 596 g/mol. The number of benzene rings is 3. The highest BCUT2D eigenvalue weighted by Gasteiger charge is 2.30. The van der Waals surface area contributed by atoms with Gasteiger partial charge >= 0.3 is 12.1 Å². The summed E-state index contributed by atoms with van der Waals surface area (Å²) < 4.78 is 40.0. The van der Waals surface area contributed by atoms with Gasteiger partial charge in [-0.15, -0.1) is 0 Å². The molecule has 13 heteroatoms. The largest absolute Gasteiger partial charge is 0.468 e. The van der Waals surface area contributed by atoms with Crippen LogP contribution in [0.2, 0.25) is 0 Å². The van der Waals surface area contributed by atoms with Crippen LogP contribution in [0.4, 0.5) is 4.79 Å². The van der Waals surface area contributed by atoms with Gasteiger partial charge in [0.15, 0.2) is 4.80 Å². The predicted octanol–water partition coefficient (Wildman–Crippen LogP) is 3.23. The van der Waals surface area contributed by atoms with Crippen molar-refractivity contribution in [2.24, 2.45) is 4.99 Å². The summed E-state index contributed by atoms with van der Waals surface area (Å²) in [6.07, 6.45) is -0.462. The number of carbonyl (C=O) groups excluding carboxylic acids is 3. The van der Waals surface area contributed by atoms with Crippen molar-refractivity contribution in [1.82, 2.24) is 13.8 Å². The van der Waals surface area contributed by atoms with Gasteiger partial charge < -0.3 is 18.9 Å². The highest BCUT2D eigenvalue weighted by Crippen LogP contribution is 2.28. The Morgan fingerprint density at radius 3 is 2.34 bits per heavy atom. The summed E-state index contributed by atoms with van der Waals surface area (Å²) in [6, 6.07) is 17.2. The second-order valence-corrected chi connectivity index (χ2v) is 12.1. The lowest BCUT2D eigenvalue weighted by molar-refractivity contribution is -0.141. The summed E-state index contributed by atoms with van der Waals surface area (Å²) in [5, 5.41) is 1.99. The van der Waals surface area contributed by atoms with Crippen molar-refractivity contribution in [1.29, 1.82) is 0 Å². The van der Waals surface area contributed by atoms with Crippen LogP contribution >= 0.6 is 11.3 Å². The van der Waals surface area contributed by atoms with Gasteiger partial charge in [0.2, 0.25) is 10.0 Å². The summed E-state index contributed by atoms with van der Waals surface area (Å²) in [6.45, 7) is 2.56. The summed E-state index contributed by atoms with van der Waals surface area (Å²) in [7, 11) is -2.53. The third-order valence-corrected chi connectivity index (χ3v) is 9.83. The number of fused-ring (bicyclic) bond motifs is 3. The number of carbonyl (C=O) groups is 3. The molecule has 2 amide bonds. The Kier molecular flexibility index (Phi) is 8.20. The number of piperazine rings is 1. The molecule has 1 aliphatic rings. The minimum atomic E-state index is -3.83. The molecule has 0 spiro atoms. The zero-order chi connectivity index (χ0) is 29.1. The second-order valence-electron chi connectivity index (χ2n) is 9.21. The molecule has 41 heavy (non-hydrogen) atoms. The molecule has 11 nitrogen and oxygen atoms in total. The average Bonchev–Trinajstić information content (AvgIpc) is 3.34. The Morgan fingerprint density at radius 2 is 1.66 bits per heavy atom. The maximum absolute atomic E-state index is 13.2. The summed E-state index contributed by atoms with van der Waals surface area (Å²) in [5.41, 5.74) is 0.943. The first-order valence-electron chi connectivity index (χ1n) is 12.9. The van der Waals surface area contributed by atoms with Crippen molar-refractivity contribution in [3.05, 3.63) is 71.0 Å². The molecule has 4 aromatic rings. The Bertz CT molecular complexity index is 1800. The van der Waals surface area contributed by atoms with E-state index in [0.717, 1.165) is 21.0 Å². The number of thiazole rings is 1. The van der Waals surface area contributed by atoms with E-state index >= 15 is 0 Å². The van der Waals surface area contributed by atoms with Gasteiger partial charge in [-0.25, -0.2) is 13.2 Å². The third kappa shape index (κ3) is 5.73. The fourth-order valence-electron chi connectivity index (χ4n) is 4.63. The lowest BCUT2D eigenvalue weighted by Crippen LogP contribution is -2.50. The molecule has 1 fully saturated rings. The van der Waals surface area contributed by atoms with E-state index in [1.54, 1.807) is 11.5 Å². The van der Waals surface area contributed by atoms with Crippen molar-refractivity contribution >= 4 is 60.3 Å². The zero-order valence-corrected chi connectivity index (χ0v) is 24.1. The van der Waals surface area contributed by atoms with E-state index in [1.807, 2.05) is 36.4 Å². The fraction of sp³-hybridized carbons (Fsp3) is 0.286. The smallest absolute Gasteiger partial charge is 0.409 e. The van der Waals surface area contributed by atoms with Gasteiger partial charge in [0.25, 0.3) is 5.91 Å². The van der Waals surface area contributed by atoms with Gasteiger partial charge in [0.05, 0.1) is 28.8 Å². The predicted molar refractivity (Wildman–Crippen MR) is 153 cm³/mol. The van der Waals surface area contributed by atoms with Gasteiger partial charge in [-0.2, -0.15) is 9.30 Å². The molecule has 214 valence electrons. The minimum Gasteiger partial charge on any atom is -0.468 e. The number of methoxy groups -OCH3 is 1. The molecule has 1 saturated heterocycles. The van der Waals surface area contributed by atoms with E-state index in [-0.39, 0.29) is 49.8 Å². The van der Waals surface area contributed by atoms with E-state index < -0.39 is 28.0 Å². The maximum atomic E-state index is 13.2. The Labute approximate surface area is 240 Å². The first-order valence-corrected chi connectivity index (χ1v) is 15.2. The molecule has 0 N–H and O–H groups in total. The van der Waals surface area contributed by atoms with Crippen molar-refractivity contribution < 1.29 is 32.3 Å². The van der Waals surface area contributed by atoms with E-state index in [0.29, 0.717) is 4.80 Å². The molecular formula is C28H28N4O7S2. The Balaban J connectivity index is 1.41. The molecule has 0 saturated carbocycles. The van der Waals surface area contributed by atoms with Gasteiger partial charge in [-0.05, 0) is 42.6 Å². The van der Waals surface area contributed by atoms with E-state index in [4.69, 9.17) is 9.47 Å². The lowest BCUT2D eigenvalue weighted by Gasteiger charge is -2.33. The number of amides is 2. The lowest BCUT2D eigenvalue weighted by atomic mass is 10.1. The topological polar surface area (TPSA) is 128 Å². The van der Waals surface area contributed by atoms with Crippen LogP contribution in [0.1, 0.15) is 17.3 Å². The molecule has 0 radical (unpaired) electrons. The van der Waals surface area contributed by atoms with Gasteiger partial charge in [-0.3, -0.25) is 9.59 Å². The van der Waals surface area contributed by atoms with Crippen LogP contribution in [0, 0.1) is 0 Å². The van der Waals surface area contributed by atoms with Crippen LogP contribution in [-0.4, -0.2) is 80.1 Å². The number of esters is 1. The average molecular weight is 597 g/mol. The SMILES string of the molecule is CCOC(=O)N1CCN(S(=O)(=O)c2ccc(C(=O)N=c3sc4c5ccccc5ccc4n3CC(=O)OC)cc2)CC1. The first kappa shape index (κ1) is 28.5. The standard InChI is InChI=1S/C28H28N4O7S2/c1-3-39-28(35)30-14-16-31(17-15-30)41(36,37)21-11-8-20(9-12-21)26(34)29-27-32(18-24(33)38-2)23-13-10-19-6-4-5-7-22(19)25(23)40-27/h4-13H,3,14-18H2,1-2H3. The number of rotatable bonds is 6. The van der Waals surface area contributed by atoms with Crippen LogP contribution < -0.4 is 4.80 Å². The highest BCUT2D eigenvalue weighted by molar-refractivity contribution is 7.89. The number of ether oxygens (including phenoxy) is 2. The minimum absolute atomic E-state index is 0.0349. The quantitative estimate of drug-likeness (QED) is 0.313. The van der Waals surface area contributed by atoms with Crippen molar-refractivity contribution in [3.8, 4) is 0 Å². The number of aromatic nitrogens is 1. The molecule has 0 atom stereocenters. The molecular weight excluding hydrogens is 568 g/mol. The maximum Gasteiger partial charge on any atom is 0.409 e. The molecule has 0 unspecified atom stereocenters. The number of hydrogen-bond acceptors (Lipinski definition) is 8. The molecule has 1 aromatic heterocycles. The molecule has 0 aliphatic carbocycles. The normalized spacial score (nSPS) is 14.9. The first-order chi connectivity index (χ1) is 19.7. The highest BCUT2D eigenvalue weighted by atomic mass is 32.2. The summed E-state index contributed by atoms with van der Waals surface area (Å²) >= 11 is 1.29. The van der Waals surface area contributed by atoms with Crippen molar-refractivity contribution in [2.45, 2.75) is 18.4 Å². The number of sulfonamides is 1. The Hall–Kier alpha value is -4.07. The second kappa shape index (κ2) is 11.8.